The minimum atomic E-state index is -0.552. The van der Waals surface area contributed by atoms with Crippen molar-refractivity contribution in [2.75, 3.05) is 6.61 Å². The predicted molar refractivity (Wildman–Crippen MR) is 78.9 cm³/mol. The van der Waals surface area contributed by atoms with Gasteiger partial charge in [-0.05, 0) is 44.4 Å². The van der Waals surface area contributed by atoms with Gasteiger partial charge in [-0.2, -0.15) is 0 Å². The van der Waals surface area contributed by atoms with Gasteiger partial charge < -0.3 is 10.4 Å². The van der Waals surface area contributed by atoms with Crippen LogP contribution >= 0.6 is 0 Å². The van der Waals surface area contributed by atoms with Crippen LogP contribution in [0.4, 0.5) is 0 Å². The largest absolute Gasteiger partial charge is 0.394 e. The van der Waals surface area contributed by atoms with E-state index >= 15 is 0 Å². The zero-order valence-electron chi connectivity index (χ0n) is 12.2. The van der Waals surface area contributed by atoms with Gasteiger partial charge in [0, 0.05) is 6.08 Å². The zero-order valence-corrected chi connectivity index (χ0v) is 12.2. The highest BCUT2D eigenvalue weighted by Crippen LogP contribution is 2.12. The molecule has 3 heteroatoms. The van der Waals surface area contributed by atoms with Crippen LogP contribution in [0.15, 0.2) is 24.3 Å². The van der Waals surface area contributed by atoms with E-state index < -0.39 is 5.54 Å². The Balaban J connectivity index is 2.74. The molecule has 1 unspecified atom stereocenters. The number of benzene rings is 1. The molecule has 1 rings (SSSR count). The fourth-order valence-electron chi connectivity index (χ4n) is 1.76. The van der Waals surface area contributed by atoms with E-state index in [0.29, 0.717) is 6.42 Å². The number of carbonyl (C=O) groups excluding carboxylic acids is 1. The van der Waals surface area contributed by atoms with Crippen molar-refractivity contribution in [2.45, 2.75) is 39.7 Å². The lowest BCUT2D eigenvalue weighted by Crippen LogP contribution is -2.47. The number of amides is 1. The fourth-order valence-corrected chi connectivity index (χ4v) is 1.76. The maximum atomic E-state index is 11.8. The summed E-state index contributed by atoms with van der Waals surface area (Å²) in [7, 11) is 0. The van der Waals surface area contributed by atoms with Crippen LogP contribution in [0.2, 0.25) is 0 Å². The number of nitrogens with one attached hydrogen (secondary N) is 1. The summed E-state index contributed by atoms with van der Waals surface area (Å²) in [5.74, 6) is -0.182. The van der Waals surface area contributed by atoms with Gasteiger partial charge in [0.2, 0.25) is 5.91 Å². The van der Waals surface area contributed by atoms with Gasteiger partial charge in [0.1, 0.15) is 0 Å². The Hall–Kier alpha value is -1.61. The van der Waals surface area contributed by atoms with Crippen molar-refractivity contribution in [2.24, 2.45) is 0 Å². The molecular formula is C16H23NO2. The third kappa shape index (κ3) is 4.52. The molecule has 0 aromatic heterocycles. The van der Waals surface area contributed by atoms with Gasteiger partial charge in [-0.15, -0.1) is 0 Å². The lowest BCUT2D eigenvalue weighted by molar-refractivity contribution is -0.118. The molecular weight excluding hydrogens is 238 g/mol. The third-order valence-electron chi connectivity index (χ3n) is 3.39. The van der Waals surface area contributed by atoms with E-state index in [9.17, 15) is 9.90 Å². The Labute approximate surface area is 115 Å². The molecule has 0 aliphatic heterocycles. The molecule has 0 bridgehead atoms. The van der Waals surface area contributed by atoms with Crippen molar-refractivity contribution in [3.63, 3.8) is 0 Å². The van der Waals surface area contributed by atoms with Gasteiger partial charge in [-0.25, -0.2) is 0 Å². The van der Waals surface area contributed by atoms with Crippen molar-refractivity contribution < 1.29 is 9.90 Å². The van der Waals surface area contributed by atoms with Crippen LogP contribution in [0.1, 0.15) is 37.0 Å². The summed E-state index contributed by atoms with van der Waals surface area (Å²) < 4.78 is 0. The summed E-state index contributed by atoms with van der Waals surface area (Å²) in [6.45, 7) is 7.77. The second-order valence-corrected chi connectivity index (χ2v) is 5.25. The van der Waals surface area contributed by atoms with E-state index in [-0.39, 0.29) is 12.5 Å². The number of aliphatic hydroxyl groups is 1. The average molecular weight is 261 g/mol. The molecule has 0 saturated carbocycles. The summed E-state index contributed by atoms with van der Waals surface area (Å²) in [6.07, 6.45) is 4.01. The molecule has 3 nitrogen and oxygen atoms in total. The highest BCUT2D eigenvalue weighted by Gasteiger charge is 2.21. The van der Waals surface area contributed by atoms with Gasteiger partial charge in [0.05, 0.1) is 12.1 Å². The van der Waals surface area contributed by atoms with Gasteiger partial charge in [0.25, 0.3) is 0 Å². The third-order valence-corrected chi connectivity index (χ3v) is 3.39. The highest BCUT2D eigenvalue weighted by atomic mass is 16.3. The predicted octanol–water partition coefficient (Wildman–Crippen LogP) is 2.59. The fraction of sp³-hybridized carbons (Fsp3) is 0.438. The zero-order chi connectivity index (χ0) is 14.5. The van der Waals surface area contributed by atoms with E-state index in [0.717, 1.165) is 11.1 Å². The van der Waals surface area contributed by atoms with Crippen LogP contribution in [-0.4, -0.2) is 23.2 Å². The molecule has 1 amide bonds. The van der Waals surface area contributed by atoms with E-state index in [1.54, 1.807) is 6.08 Å². The lowest BCUT2D eigenvalue weighted by atomic mass is 10.00. The number of hydrogen-bond donors (Lipinski definition) is 2. The number of aliphatic hydroxyl groups excluding tert-OH is 1. The lowest BCUT2D eigenvalue weighted by Gasteiger charge is -2.26. The first-order valence-corrected chi connectivity index (χ1v) is 6.58. The highest BCUT2D eigenvalue weighted by molar-refractivity contribution is 5.92. The average Bonchev–Trinajstić information content (AvgIpc) is 2.37. The molecule has 0 spiro atoms. The second kappa shape index (κ2) is 6.53. The summed E-state index contributed by atoms with van der Waals surface area (Å²) in [5.41, 5.74) is 2.83. The van der Waals surface area contributed by atoms with Crippen molar-refractivity contribution in [3.8, 4) is 0 Å². The minimum Gasteiger partial charge on any atom is -0.394 e. The topological polar surface area (TPSA) is 49.3 Å². The Morgan fingerprint density at radius 3 is 2.63 bits per heavy atom. The maximum absolute atomic E-state index is 11.8. The van der Waals surface area contributed by atoms with Crippen LogP contribution in [-0.2, 0) is 4.79 Å². The van der Waals surface area contributed by atoms with Crippen LogP contribution in [0.3, 0.4) is 0 Å². The monoisotopic (exact) mass is 261 g/mol. The molecule has 0 aliphatic carbocycles. The van der Waals surface area contributed by atoms with Crippen molar-refractivity contribution in [1.82, 2.24) is 5.32 Å². The molecule has 0 heterocycles. The van der Waals surface area contributed by atoms with Crippen molar-refractivity contribution in [3.05, 3.63) is 41.0 Å². The van der Waals surface area contributed by atoms with Crippen molar-refractivity contribution in [1.29, 1.82) is 0 Å². The molecule has 19 heavy (non-hydrogen) atoms. The minimum absolute atomic E-state index is 0.0629. The first-order chi connectivity index (χ1) is 8.90. The smallest absolute Gasteiger partial charge is 0.244 e. The van der Waals surface area contributed by atoms with Gasteiger partial charge in [0.15, 0.2) is 0 Å². The number of rotatable bonds is 5. The molecule has 0 aliphatic rings. The summed E-state index contributed by atoms with van der Waals surface area (Å²) >= 11 is 0. The van der Waals surface area contributed by atoms with Gasteiger partial charge in [-0.1, -0.05) is 30.7 Å². The quantitative estimate of drug-likeness (QED) is 0.800. The molecule has 0 saturated heterocycles. The van der Waals surface area contributed by atoms with Gasteiger partial charge >= 0.3 is 0 Å². The first-order valence-electron chi connectivity index (χ1n) is 6.58. The normalized spacial score (nSPS) is 14.4. The standard InChI is InChI=1S/C16H23NO2/c1-5-16(4,11-18)17-15(19)9-8-14-7-6-12(2)10-13(14)3/h6-10,18H,5,11H2,1-4H3,(H,17,19). The van der Waals surface area contributed by atoms with Crippen LogP contribution in [0, 0.1) is 13.8 Å². The SMILES string of the molecule is CCC(C)(CO)NC(=O)C=Cc1ccc(C)cc1C. The van der Waals surface area contributed by atoms with Crippen LogP contribution < -0.4 is 5.32 Å². The van der Waals surface area contributed by atoms with E-state index in [4.69, 9.17) is 0 Å². The Bertz CT molecular complexity index is 474. The molecule has 2 N–H and O–H groups in total. The number of carbonyl (C=O) groups is 1. The van der Waals surface area contributed by atoms with Crippen molar-refractivity contribution >= 4 is 12.0 Å². The number of aryl methyl sites for hydroxylation is 2. The van der Waals surface area contributed by atoms with Gasteiger partial charge in [-0.3, -0.25) is 4.79 Å². The van der Waals surface area contributed by atoms with E-state index in [2.05, 4.69) is 11.4 Å². The number of hydrogen-bond acceptors (Lipinski definition) is 2. The molecule has 1 aromatic rings. The summed E-state index contributed by atoms with van der Waals surface area (Å²) in [5, 5.41) is 12.1. The second-order valence-electron chi connectivity index (χ2n) is 5.25. The van der Waals surface area contributed by atoms with Crippen LogP contribution in [0.25, 0.3) is 6.08 Å². The van der Waals surface area contributed by atoms with Crippen LogP contribution in [0.5, 0.6) is 0 Å². The molecule has 1 aromatic carbocycles. The molecule has 0 radical (unpaired) electrons. The summed E-state index contributed by atoms with van der Waals surface area (Å²) in [6, 6.07) is 6.11. The Kier molecular flexibility index (Phi) is 5.31. The van der Waals surface area contributed by atoms with E-state index in [1.807, 2.05) is 39.8 Å². The maximum Gasteiger partial charge on any atom is 0.244 e. The first kappa shape index (κ1) is 15.4. The molecule has 0 fully saturated rings. The Morgan fingerprint density at radius 2 is 2.11 bits per heavy atom. The summed E-state index contributed by atoms with van der Waals surface area (Å²) in [4.78, 5) is 11.8. The molecule has 1 atom stereocenters. The van der Waals surface area contributed by atoms with E-state index in [1.165, 1.54) is 11.6 Å². The molecule has 104 valence electrons. The Morgan fingerprint density at radius 1 is 1.42 bits per heavy atom.